The molecule has 0 spiro atoms. The van der Waals surface area contributed by atoms with Crippen molar-refractivity contribution in [3.8, 4) is 0 Å². The first-order chi connectivity index (χ1) is 12.8. The molecule has 1 unspecified atom stereocenters. The lowest BCUT2D eigenvalue weighted by Crippen LogP contribution is -2.40. The van der Waals surface area contributed by atoms with E-state index in [-0.39, 0.29) is 5.69 Å². The summed E-state index contributed by atoms with van der Waals surface area (Å²) in [7, 11) is 0. The van der Waals surface area contributed by atoms with E-state index in [1.165, 1.54) is 0 Å². The number of carboxylic acid groups (broad SMARTS) is 1. The topological polar surface area (TPSA) is 147 Å². The number of hydrogen-bond acceptors (Lipinski definition) is 6. The maximum absolute atomic E-state index is 12.1. The quantitative estimate of drug-likeness (QED) is 0.543. The minimum atomic E-state index is -1.07. The summed E-state index contributed by atoms with van der Waals surface area (Å²) in [5.41, 5.74) is 7.48. The number of benzene rings is 1. The maximum Gasteiger partial charge on any atom is 0.326 e. The van der Waals surface area contributed by atoms with Crippen LogP contribution in [0.4, 0.5) is 5.69 Å². The summed E-state index contributed by atoms with van der Waals surface area (Å²) in [4.78, 5) is 42.7. The van der Waals surface area contributed by atoms with Crippen molar-refractivity contribution in [2.45, 2.75) is 32.9 Å². The second-order valence-corrected chi connectivity index (χ2v) is 5.86. The van der Waals surface area contributed by atoms with E-state index in [9.17, 15) is 14.4 Å². The van der Waals surface area contributed by atoms with Crippen LogP contribution in [0.5, 0.6) is 0 Å². The number of aryl methyl sites for hydroxylation is 1. The highest BCUT2D eigenvalue weighted by Gasteiger charge is 2.18. The van der Waals surface area contributed by atoms with Crippen LogP contribution in [0.1, 0.15) is 45.6 Å². The number of nitrogens with two attached hydrogens (primary N) is 1. The molecule has 1 aromatic heterocycles. The van der Waals surface area contributed by atoms with Crippen molar-refractivity contribution >= 4 is 23.5 Å². The summed E-state index contributed by atoms with van der Waals surface area (Å²) in [5.74, 6) is -2.16. The number of nitrogens with one attached hydrogen (secondary N) is 2. The van der Waals surface area contributed by atoms with Crippen molar-refractivity contribution < 1.29 is 19.5 Å². The predicted molar refractivity (Wildman–Crippen MR) is 98.2 cm³/mol. The Morgan fingerprint density at radius 3 is 2.44 bits per heavy atom. The van der Waals surface area contributed by atoms with E-state index in [0.29, 0.717) is 29.9 Å². The molecule has 142 valence electrons. The molecule has 0 bridgehead atoms. The Morgan fingerprint density at radius 1 is 1.22 bits per heavy atom. The molecular weight excluding hydrogens is 350 g/mol. The fraction of sp³-hybridized carbons (Fsp3) is 0.278. The van der Waals surface area contributed by atoms with Gasteiger partial charge in [-0.15, -0.1) is 0 Å². The summed E-state index contributed by atoms with van der Waals surface area (Å²) >= 11 is 0. The largest absolute Gasteiger partial charge is 0.480 e. The number of rotatable bonds is 8. The average molecular weight is 371 g/mol. The lowest BCUT2D eigenvalue weighted by atomic mass is 10.1. The van der Waals surface area contributed by atoms with Crippen LogP contribution in [0, 0.1) is 6.92 Å². The molecule has 5 N–H and O–H groups in total. The SMILES string of the molecule is CCC(NC(=O)c1ccc(NCc2cnc(C)c(C(N)=O)n2)cc1)C(=O)O. The van der Waals surface area contributed by atoms with Gasteiger partial charge in [0.2, 0.25) is 0 Å². The van der Waals surface area contributed by atoms with Gasteiger partial charge in [0.05, 0.1) is 24.1 Å². The van der Waals surface area contributed by atoms with E-state index >= 15 is 0 Å². The summed E-state index contributed by atoms with van der Waals surface area (Å²) in [5, 5.41) is 14.6. The summed E-state index contributed by atoms with van der Waals surface area (Å²) in [6, 6.07) is 5.62. The number of aliphatic carboxylic acids is 1. The van der Waals surface area contributed by atoms with Gasteiger partial charge in [0.1, 0.15) is 11.7 Å². The summed E-state index contributed by atoms with van der Waals surface area (Å²) in [6.45, 7) is 3.65. The van der Waals surface area contributed by atoms with Crippen LogP contribution in [-0.2, 0) is 11.3 Å². The molecule has 0 saturated carbocycles. The number of carboxylic acids is 1. The molecule has 2 aromatic rings. The Hall–Kier alpha value is -3.49. The highest BCUT2D eigenvalue weighted by Crippen LogP contribution is 2.12. The molecule has 9 heteroatoms. The zero-order valence-corrected chi connectivity index (χ0v) is 15.0. The van der Waals surface area contributed by atoms with E-state index in [1.54, 1.807) is 44.3 Å². The first-order valence-corrected chi connectivity index (χ1v) is 8.31. The van der Waals surface area contributed by atoms with E-state index in [0.717, 1.165) is 5.69 Å². The zero-order valence-electron chi connectivity index (χ0n) is 15.0. The van der Waals surface area contributed by atoms with Gasteiger partial charge < -0.3 is 21.5 Å². The van der Waals surface area contributed by atoms with Gasteiger partial charge in [-0.1, -0.05) is 6.92 Å². The van der Waals surface area contributed by atoms with E-state index in [1.807, 2.05) is 0 Å². The van der Waals surface area contributed by atoms with Gasteiger partial charge in [0.25, 0.3) is 11.8 Å². The average Bonchev–Trinajstić information content (AvgIpc) is 2.65. The standard InChI is InChI=1S/C18H21N5O4/c1-3-14(18(26)27)23-17(25)11-4-6-12(7-5-11)21-9-13-8-20-10(2)15(22-13)16(19)24/h4-8,14,21H,3,9H2,1-2H3,(H2,19,24)(H,23,25)(H,26,27). The predicted octanol–water partition coefficient (Wildman–Crippen LogP) is 1.09. The minimum absolute atomic E-state index is 0.130. The van der Waals surface area contributed by atoms with Crippen LogP contribution < -0.4 is 16.4 Å². The van der Waals surface area contributed by atoms with Crippen LogP contribution in [0.25, 0.3) is 0 Å². The fourth-order valence-electron chi connectivity index (χ4n) is 2.32. The Kier molecular flexibility index (Phi) is 6.42. The normalized spacial score (nSPS) is 11.5. The van der Waals surface area contributed by atoms with Gasteiger partial charge in [-0.3, -0.25) is 14.6 Å². The van der Waals surface area contributed by atoms with Gasteiger partial charge in [0, 0.05) is 11.3 Å². The minimum Gasteiger partial charge on any atom is -0.480 e. The number of amides is 2. The van der Waals surface area contributed by atoms with E-state index < -0.39 is 23.8 Å². The molecule has 1 atom stereocenters. The Labute approximate surface area is 156 Å². The lowest BCUT2D eigenvalue weighted by molar-refractivity contribution is -0.139. The highest BCUT2D eigenvalue weighted by molar-refractivity contribution is 5.96. The summed E-state index contributed by atoms with van der Waals surface area (Å²) in [6.07, 6.45) is 1.85. The van der Waals surface area contributed by atoms with Crippen molar-refractivity contribution in [2.24, 2.45) is 5.73 Å². The molecule has 1 aromatic carbocycles. The van der Waals surface area contributed by atoms with E-state index in [4.69, 9.17) is 10.8 Å². The molecule has 1 heterocycles. The fourth-order valence-corrected chi connectivity index (χ4v) is 2.32. The van der Waals surface area contributed by atoms with Crippen LogP contribution >= 0.6 is 0 Å². The van der Waals surface area contributed by atoms with Crippen molar-refractivity contribution in [3.63, 3.8) is 0 Å². The smallest absolute Gasteiger partial charge is 0.326 e. The van der Waals surface area contributed by atoms with Crippen molar-refractivity contribution in [1.29, 1.82) is 0 Å². The Morgan fingerprint density at radius 2 is 1.89 bits per heavy atom. The molecule has 0 radical (unpaired) electrons. The van der Waals surface area contributed by atoms with Crippen LogP contribution in [0.15, 0.2) is 30.5 Å². The van der Waals surface area contributed by atoms with Crippen molar-refractivity contribution in [3.05, 3.63) is 53.1 Å². The monoisotopic (exact) mass is 371 g/mol. The number of nitrogens with zero attached hydrogens (tertiary/aromatic N) is 2. The molecule has 2 rings (SSSR count). The first kappa shape index (κ1) is 19.8. The van der Waals surface area contributed by atoms with Gasteiger partial charge in [-0.05, 0) is 37.6 Å². The molecular formula is C18H21N5O4. The number of anilines is 1. The third kappa shape index (κ3) is 5.24. The molecule has 27 heavy (non-hydrogen) atoms. The Balaban J connectivity index is 2.00. The maximum atomic E-state index is 12.1. The number of carbonyl (C=O) groups excluding carboxylic acids is 2. The number of aromatic nitrogens is 2. The van der Waals surface area contributed by atoms with Gasteiger partial charge in [0.15, 0.2) is 0 Å². The van der Waals surface area contributed by atoms with E-state index in [2.05, 4.69) is 20.6 Å². The molecule has 0 fully saturated rings. The molecule has 2 amide bonds. The summed E-state index contributed by atoms with van der Waals surface area (Å²) < 4.78 is 0. The third-order valence-corrected chi connectivity index (χ3v) is 3.87. The van der Waals surface area contributed by atoms with Crippen LogP contribution in [-0.4, -0.2) is 38.9 Å². The van der Waals surface area contributed by atoms with Crippen LogP contribution in [0.2, 0.25) is 0 Å². The van der Waals surface area contributed by atoms with Crippen molar-refractivity contribution in [2.75, 3.05) is 5.32 Å². The molecule has 9 nitrogen and oxygen atoms in total. The highest BCUT2D eigenvalue weighted by atomic mass is 16.4. The lowest BCUT2D eigenvalue weighted by Gasteiger charge is -2.12. The van der Waals surface area contributed by atoms with Crippen molar-refractivity contribution in [1.82, 2.24) is 15.3 Å². The molecule has 0 aliphatic rings. The second-order valence-electron chi connectivity index (χ2n) is 5.86. The first-order valence-electron chi connectivity index (χ1n) is 8.31. The number of primary amides is 1. The number of hydrogen-bond donors (Lipinski definition) is 4. The number of carbonyl (C=O) groups is 3. The van der Waals surface area contributed by atoms with Gasteiger partial charge in [-0.2, -0.15) is 0 Å². The zero-order chi connectivity index (χ0) is 20.0. The van der Waals surface area contributed by atoms with Crippen LogP contribution in [0.3, 0.4) is 0 Å². The Bertz CT molecular complexity index is 851. The van der Waals surface area contributed by atoms with Gasteiger partial charge >= 0.3 is 5.97 Å². The molecule has 0 saturated heterocycles. The molecule has 0 aliphatic carbocycles. The third-order valence-electron chi connectivity index (χ3n) is 3.87. The second kappa shape index (κ2) is 8.75. The molecule has 0 aliphatic heterocycles. The van der Waals surface area contributed by atoms with Gasteiger partial charge in [-0.25, -0.2) is 9.78 Å².